The summed E-state index contributed by atoms with van der Waals surface area (Å²) in [7, 11) is 0. The molecule has 0 amide bonds. The number of carbonyl (C=O) groups excluding carboxylic acids is 2. The Kier molecular flexibility index (Phi) is 13.3. The Balaban J connectivity index is 3.44. The van der Waals surface area contributed by atoms with Crippen LogP contribution in [0.25, 0.3) is 0 Å². The molecule has 4 nitrogen and oxygen atoms in total. The minimum Gasteiger partial charge on any atom is -0.211 e. The first-order valence-corrected chi connectivity index (χ1v) is 7.92. The van der Waals surface area contributed by atoms with Crippen LogP contribution in [0.4, 0.5) is 0 Å². The van der Waals surface area contributed by atoms with Crippen LogP contribution in [-0.2, 0) is 9.59 Å². The number of nitrogens with zero attached hydrogens (tertiary/aromatic N) is 2. The number of isocyanates is 2. The van der Waals surface area contributed by atoms with Crippen LogP contribution in [-0.4, -0.2) is 24.2 Å². The predicted molar refractivity (Wildman–Crippen MR) is 81.3 cm³/mol. The van der Waals surface area contributed by atoms with Gasteiger partial charge >= 0.3 is 0 Å². The number of hydrogen-bond donors (Lipinski definition) is 0. The molecule has 0 radical (unpaired) electrons. The maximum absolute atomic E-state index is 10.2. The van der Waals surface area contributed by atoms with Crippen LogP contribution >= 0.6 is 0 Å². The topological polar surface area (TPSA) is 58.9 Å². The average Bonchev–Trinajstić information content (AvgIpc) is 2.47. The summed E-state index contributed by atoms with van der Waals surface area (Å²) < 4.78 is 0. The Morgan fingerprint density at radius 1 is 0.700 bits per heavy atom. The molecule has 4 heteroatoms. The van der Waals surface area contributed by atoms with Gasteiger partial charge in [0.15, 0.2) is 0 Å². The molecule has 0 rings (SSSR count). The highest BCUT2D eigenvalue weighted by Crippen LogP contribution is 2.14. The Hall–Kier alpha value is -1.24. The van der Waals surface area contributed by atoms with E-state index in [0.717, 1.165) is 38.5 Å². The van der Waals surface area contributed by atoms with Gasteiger partial charge < -0.3 is 0 Å². The van der Waals surface area contributed by atoms with Crippen molar-refractivity contribution in [2.24, 2.45) is 9.98 Å². The van der Waals surface area contributed by atoms with Crippen molar-refractivity contribution in [2.75, 3.05) is 0 Å². The second kappa shape index (κ2) is 14.2. The third-order valence-electron chi connectivity index (χ3n) is 3.74. The van der Waals surface area contributed by atoms with Crippen molar-refractivity contribution in [3.63, 3.8) is 0 Å². The SMILES string of the molecule is CCC(CCCCCCCCC(CC)N=C=O)N=C=O. The molecule has 0 aromatic carbocycles. The Morgan fingerprint density at radius 2 is 1.05 bits per heavy atom. The Labute approximate surface area is 122 Å². The number of unbranched alkanes of at least 4 members (excludes halogenated alkanes) is 5. The van der Waals surface area contributed by atoms with Gasteiger partial charge in [-0.1, -0.05) is 52.4 Å². The molecule has 2 unspecified atom stereocenters. The number of aliphatic imine (C=N–C) groups is 2. The third kappa shape index (κ3) is 10.7. The molecule has 0 bridgehead atoms. The molecular formula is C16H28N2O2. The van der Waals surface area contributed by atoms with Gasteiger partial charge in [-0.15, -0.1) is 0 Å². The maximum Gasteiger partial charge on any atom is 0.235 e. The van der Waals surface area contributed by atoms with Gasteiger partial charge in [0, 0.05) is 0 Å². The van der Waals surface area contributed by atoms with E-state index in [9.17, 15) is 9.59 Å². The monoisotopic (exact) mass is 280 g/mol. The molecule has 0 aromatic rings. The van der Waals surface area contributed by atoms with Crippen molar-refractivity contribution in [1.82, 2.24) is 0 Å². The normalized spacial score (nSPS) is 13.1. The molecule has 0 N–H and O–H groups in total. The summed E-state index contributed by atoms with van der Waals surface area (Å²) in [6.45, 7) is 4.11. The molecule has 0 heterocycles. The number of hydrogen-bond acceptors (Lipinski definition) is 4. The van der Waals surface area contributed by atoms with Crippen molar-refractivity contribution >= 4 is 12.2 Å². The summed E-state index contributed by atoms with van der Waals surface area (Å²) in [6.07, 6.45) is 14.3. The van der Waals surface area contributed by atoms with E-state index in [2.05, 4.69) is 23.8 Å². The number of rotatable bonds is 13. The van der Waals surface area contributed by atoms with E-state index in [1.807, 2.05) is 0 Å². The molecular weight excluding hydrogens is 252 g/mol. The predicted octanol–water partition coefficient (Wildman–Crippen LogP) is 4.34. The second-order valence-electron chi connectivity index (χ2n) is 5.26. The van der Waals surface area contributed by atoms with E-state index in [0.29, 0.717) is 0 Å². The first-order valence-electron chi connectivity index (χ1n) is 7.92. The van der Waals surface area contributed by atoms with Gasteiger partial charge in [0.25, 0.3) is 0 Å². The highest BCUT2D eigenvalue weighted by atomic mass is 16.1. The van der Waals surface area contributed by atoms with Crippen LogP contribution in [0.1, 0.15) is 78.1 Å². The van der Waals surface area contributed by atoms with Gasteiger partial charge in [-0.3, -0.25) is 0 Å². The molecule has 0 aromatic heterocycles. The van der Waals surface area contributed by atoms with Crippen molar-refractivity contribution < 1.29 is 9.59 Å². The summed E-state index contributed by atoms with van der Waals surface area (Å²) in [6, 6.07) is 0.332. The molecule has 0 aliphatic carbocycles. The van der Waals surface area contributed by atoms with E-state index in [4.69, 9.17) is 0 Å². The van der Waals surface area contributed by atoms with Gasteiger partial charge in [0.1, 0.15) is 0 Å². The fraction of sp³-hybridized carbons (Fsp3) is 0.875. The lowest BCUT2D eigenvalue weighted by Crippen LogP contribution is -2.02. The van der Waals surface area contributed by atoms with Crippen LogP contribution in [0.3, 0.4) is 0 Å². The van der Waals surface area contributed by atoms with Crippen LogP contribution in [0, 0.1) is 0 Å². The Bertz CT molecular complexity index is 286. The second-order valence-corrected chi connectivity index (χ2v) is 5.26. The molecule has 0 aliphatic rings. The van der Waals surface area contributed by atoms with Crippen LogP contribution in [0.2, 0.25) is 0 Å². The summed E-state index contributed by atoms with van der Waals surface area (Å²) in [5.74, 6) is 0. The third-order valence-corrected chi connectivity index (χ3v) is 3.74. The minimum atomic E-state index is 0.166. The molecule has 0 saturated carbocycles. The van der Waals surface area contributed by atoms with Crippen molar-refractivity contribution in [3.8, 4) is 0 Å². The molecule has 20 heavy (non-hydrogen) atoms. The molecule has 2 atom stereocenters. The van der Waals surface area contributed by atoms with Gasteiger partial charge in [-0.05, 0) is 25.7 Å². The molecule has 0 saturated heterocycles. The highest BCUT2D eigenvalue weighted by Gasteiger charge is 2.04. The lowest BCUT2D eigenvalue weighted by Gasteiger charge is -2.08. The van der Waals surface area contributed by atoms with E-state index in [1.165, 1.54) is 25.7 Å². The largest absolute Gasteiger partial charge is 0.235 e. The summed E-state index contributed by atoms with van der Waals surface area (Å²) >= 11 is 0. The van der Waals surface area contributed by atoms with Gasteiger partial charge in [0.2, 0.25) is 12.2 Å². The van der Waals surface area contributed by atoms with Crippen LogP contribution in [0.15, 0.2) is 9.98 Å². The average molecular weight is 280 g/mol. The molecule has 0 spiro atoms. The van der Waals surface area contributed by atoms with Gasteiger partial charge in [-0.2, -0.15) is 0 Å². The minimum absolute atomic E-state index is 0.166. The fourth-order valence-corrected chi connectivity index (χ4v) is 2.34. The van der Waals surface area contributed by atoms with Crippen LogP contribution < -0.4 is 0 Å². The first-order chi connectivity index (χ1) is 9.78. The molecule has 0 fully saturated rings. The van der Waals surface area contributed by atoms with Crippen LogP contribution in [0.5, 0.6) is 0 Å². The van der Waals surface area contributed by atoms with E-state index in [1.54, 1.807) is 12.2 Å². The first kappa shape index (κ1) is 18.8. The Morgan fingerprint density at radius 3 is 1.35 bits per heavy atom. The summed E-state index contributed by atoms with van der Waals surface area (Å²) in [5.41, 5.74) is 0. The fourth-order valence-electron chi connectivity index (χ4n) is 2.34. The highest BCUT2D eigenvalue weighted by molar-refractivity contribution is 5.33. The zero-order chi connectivity index (χ0) is 15.1. The van der Waals surface area contributed by atoms with Crippen molar-refractivity contribution in [2.45, 2.75) is 90.1 Å². The van der Waals surface area contributed by atoms with Crippen molar-refractivity contribution in [1.29, 1.82) is 0 Å². The van der Waals surface area contributed by atoms with E-state index >= 15 is 0 Å². The summed E-state index contributed by atoms with van der Waals surface area (Å²) in [4.78, 5) is 27.9. The maximum atomic E-state index is 10.2. The molecule has 114 valence electrons. The van der Waals surface area contributed by atoms with E-state index in [-0.39, 0.29) is 12.1 Å². The molecule has 0 aliphatic heterocycles. The van der Waals surface area contributed by atoms with E-state index < -0.39 is 0 Å². The quantitative estimate of drug-likeness (QED) is 0.286. The summed E-state index contributed by atoms with van der Waals surface area (Å²) in [5, 5.41) is 0. The smallest absolute Gasteiger partial charge is 0.211 e. The van der Waals surface area contributed by atoms with Crippen molar-refractivity contribution in [3.05, 3.63) is 0 Å². The van der Waals surface area contributed by atoms with Gasteiger partial charge in [0.05, 0.1) is 12.1 Å². The zero-order valence-corrected chi connectivity index (χ0v) is 12.9. The standard InChI is InChI=1S/C16H28N2O2/c1-3-15(17-13-19)11-9-7-5-6-8-10-12-16(4-2)18-14-20/h15-16H,3-12H2,1-2H3. The zero-order valence-electron chi connectivity index (χ0n) is 12.9. The van der Waals surface area contributed by atoms with Gasteiger partial charge in [-0.25, -0.2) is 19.6 Å². The lowest BCUT2D eigenvalue weighted by atomic mass is 10.0. The lowest BCUT2D eigenvalue weighted by molar-refractivity contribution is 0.497.